The van der Waals surface area contributed by atoms with Gasteiger partial charge in [-0.2, -0.15) is 0 Å². The Kier molecular flexibility index (Phi) is 2.85. The number of halogens is 2. The molecule has 0 amide bonds. The van der Waals surface area contributed by atoms with E-state index in [0.29, 0.717) is 0 Å². The summed E-state index contributed by atoms with van der Waals surface area (Å²) in [7, 11) is 2.49. The van der Waals surface area contributed by atoms with Crippen molar-refractivity contribution in [3.63, 3.8) is 0 Å². The summed E-state index contributed by atoms with van der Waals surface area (Å²) in [6.45, 7) is 3.77. The predicted octanol–water partition coefficient (Wildman–Crippen LogP) is 2.21. The van der Waals surface area contributed by atoms with Crippen molar-refractivity contribution in [2.75, 3.05) is 0 Å². The number of hydrogen-bond donors (Lipinski definition) is 0. The van der Waals surface area contributed by atoms with Gasteiger partial charge in [0.2, 0.25) is 0 Å². The van der Waals surface area contributed by atoms with Gasteiger partial charge in [0.25, 0.3) is 0 Å². The summed E-state index contributed by atoms with van der Waals surface area (Å²) in [5.41, 5.74) is 0. The molecule has 7 heavy (non-hydrogen) atoms. The Hall–Kier alpha value is 0.970. The highest BCUT2D eigenvalue weighted by Gasteiger charge is 2.16. The van der Waals surface area contributed by atoms with Crippen LogP contribution in [0, 0.1) is 0 Å². The van der Waals surface area contributed by atoms with E-state index in [1.807, 2.05) is 13.8 Å². The maximum atomic E-state index is 5.33. The van der Waals surface area contributed by atoms with Gasteiger partial charge in [-0.25, -0.2) is 0 Å². The Balaban J connectivity index is 3.54. The van der Waals surface area contributed by atoms with E-state index in [2.05, 4.69) is 9.24 Å². The number of rotatable bonds is 1. The van der Waals surface area contributed by atoms with Crippen LogP contribution < -0.4 is 0 Å². The molecule has 1 atom stereocenters. The minimum atomic E-state index is -0.219. The van der Waals surface area contributed by atoms with Crippen molar-refractivity contribution in [3.8, 4) is 0 Å². The van der Waals surface area contributed by atoms with Gasteiger partial charge in [0.1, 0.15) is 0 Å². The standard InChI is InChI=1S/C3H8Cl2NP/c1-3(2,7)6(4)5/h7H2,1-2H3. The lowest BCUT2D eigenvalue weighted by molar-refractivity contribution is 0.516. The molecular weight excluding hydrogens is 152 g/mol. The molecule has 0 aromatic heterocycles. The van der Waals surface area contributed by atoms with Crippen molar-refractivity contribution in [2.24, 2.45) is 0 Å². The normalized spacial score (nSPS) is 12.9. The fraction of sp³-hybridized carbons (Fsp3) is 1.00. The highest BCUT2D eigenvalue weighted by molar-refractivity contribution is 7.19. The van der Waals surface area contributed by atoms with Crippen molar-refractivity contribution < 1.29 is 0 Å². The lowest BCUT2D eigenvalue weighted by atomic mass is 10.4. The van der Waals surface area contributed by atoms with Gasteiger partial charge in [0, 0.05) is 0 Å². The molecule has 0 aliphatic carbocycles. The molecule has 0 saturated heterocycles. The number of hydrogen-bond acceptors (Lipinski definition) is 1. The summed E-state index contributed by atoms with van der Waals surface area (Å²) in [6.07, 6.45) is 0. The third-order valence-electron chi connectivity index (χ3n) is 0.436. The van der Waals surface area contributed by atoms with E-state index in [1.165, 1.54) is 0 Å². The Morgan fingerprint density at radius 1 is 1.43 bits per heavy atom. The van der Waals surface area contributed by atoms with Crippen LogP contribution in [-0.2, 0) is 0 Å². The highest BCUT2D eigenvalue weighted by Crippen LogP contribution is 2.25. The van der Waals surface area contributed by atoms with Crippen LogP contribution in [0.15, 0.2) is 0 Å². The van der Waals surface area contributed by atoms with Crippen LogP contribution in [0.5, 0.6) is 0 Å². The first kappa shape index (κ1) is 7.97. The average molecular weight is 160 g/mol. The van der Waals surface area contributed by atoms with Crippen molar-refractivity contribution in [1.29, 1.82) is 0 Å². The van der Waals surface area contributed by atoms with E-state index in [0.717, 1.165) is 3.94 Å². The zero-order valence-corrected chi connectivity index (χ0v) is 6.95. The Bertz CT molecular complexity index is 58.4. The molecule has 4 heteroatoms. The van der Waals surface area contributed by atoms with Crippen molar-refractivity contribution in [1.82, 2.24) is 3.94 Å². The molecule has 0 spiro atoms. The fourth-order valence-electron chi connectivity index (χ4n) is 0. The molecule has 0 fully saturated rings. The van der Waals surface area contributed by atoms with E-state index in [9.17, 15) is 0 Å². The maximum Gasteiger partial charge on any atom is 0.0606 e. The summed E-state index contributed by atoms with van der Waals surface area (Å²) < 4.78 is 1.09. The molecule has 1 nitrogen and oxygen atoms in total. The second-order valence-electron chi connectivity index (χ2n) is 1.89. The van der Waals surface area contributed by atoms with Crippen LogP contribution >= 0.6 is 32.8 Å². The molecule has 0 aromatic rings. The first-order chi connectivity index (χ1) is 2.94. The third-order valence-corrected chi connectivity index (χ3v) is 1.89. The molecule has 0 rings (SSSR count). The van der Waals surface area contributed by atoms with Gasteiger partial charge in [-0.3, -0.25) is 0 Å². The maximum absolute atomic E-state index is 5.33. The van der Waals surface area contributed by atoms with Crippen LogP contribution in [-0.4, -0.2) is 9.22 Å². The van der Waals surface area contributed by atoms with Gasteiger partial charge in [-0.15, -0.1) is 13.2 Å². The van der Waals surface area contributed by atoms with E-state index in [1.54, 1.807) is 0 Å². The average Bonchev–Trinajstić information content (AvgIpc) is 1.31. The lowest BCUT2D eigenvalue weighted by Gasteiger charge is -2.20. The predicted molar refractivity (Wildman–Crippen MR) is 37.3 cm³/mol. The number of nitrogens with zero attached hydrogens (tertiary/aromatic N) is 1. The van der Waals surface area contributed by atoms with Gasteiger partial charge in [0.15, 0.2) is 0 Å². The van der Waals surface area contributed by atoms with E-state index < -0.39 is 0 Å². The summed E-state index contributed by atoms with van der Waals surface area (Å²) in [5, 5.41) is -0.219. The van der Waals surface area contributed by atoms with Crippen LogP contribution in [0.2, 0.25) is 0 Å². The molecule has 0 aromatic carbocycles. The first-order valence-corrected chi connectivity index (χ1v) is 3.10. The van der Waals surface area contributed by atoms with Crippen molar-refractivity contribution in [3.05, 3.63) is 0 Å². The van der Waals surface area contributed by atoms with Crippen LogP contribution in [0.25, 0.3) is 0 Å². The second kappa shape index (κ2) is 2.50. The van der Waals surface area contributed by atoms with Gasteiger partial charge < -0.3 is 0 Å². The quantitative estimate of drug-likeness (QED) is 0.419. The lowest BCUT2D eigenvalue weighted by Crippen LogP contribution is -2.21. The van der Waals surface area contributed by atoms with Gasteiger partial charge in [0.05, 0.1) is 5.28 Å². The Labute approximate surface area is 56.4 Å². The summed E-state index contributed by atoms with van der Waals surface area (Å²) in [6, 6.07) is 0. The fourth-order valence-corrected chi connectivity index (χ4v) is 0. The molecule has 1 unspecified atom stereocenters. The highest BCUT2D eigenvalue weighted by atomic mass is 35.5. The monoisotopic (exact) mass is 159 g/mol. The zero-order chi connectivity index (χ0) is 6.08. The smallest absolute Gasteiger partial charge is 0.0606 e. The summed E-state index contributed by atoms with van der Waals surface area (Å²) in [5.74, 6) is 0. The molecule has 44 valence electrons. The molecular formula is C3H8Cl2NP. The van der Waals surface area contributed by atoms with Crippen LogP contribution in [0.3, 0.4) is 0 Å². The topological polar surface area (TPSA) is 3.24 Å². The minimum Gasteiger partial charge on any atom is -0.122 e. The molecule has 0 aliphatic rings. The SMILES string of the molecule is CC(C)(P)N(Cl)Cl. The Morgan fingerprint density at radius 2 is 1.57 bits per heavy atom. The molecule has 0 radical (unpaired) electrons. The minimum absolute atomic E-state index is 0.219. The second-order valence-corrected chi connectivity index (χ2v) is 4.15. The molecule has 0 aliphatic heterocycles. The van der Waals surface area contributed by atoms with E-state index in [4.69, 9.17) is 23.6 Å². The molecule has 0 heterocycles. The van der Waals surface area contributed by atoms with Gasteiger partial charge in [-0.05, 0) is 37.4 Å². The largest absolute Gasteiger partial charge is 0.122 e. The van der Waals surface area contributed by atoms with Gasteiger partial charge >= 0.3 is 0 Å². The van der Waals surface area contributed by atoms with E-state index in [-0.39, 0.29) is 5.28 Å². The molecule has 0 bridgehead atoms. The van der Waals surface area contributed by atoms with E-state index >= 15 is 0 Å². The van der Waals surface area contributed by atoms with Crippen molar-refractivity contribution >= 4 is 32.8 Å². The summed E-state index contributed by atoms with van der Waals surface area (Å²) in [4.78, 5) is 0. The van der Waals surface area contributed by atoms with Crippen LogP contribution in [0.1, 0.15) is 13.8 Å². The first-order valence-electron chi connectivity index (χ1n) is 1.85. The molecule has 0 saturated carbocycles. The summed E-state index contributed by atoms with van der Waals surface area (Å²) >= 11 is 10.7. The molecule has 0 N–H and O–H groups in total. The third kappa shape index (κ3) is 3.54. The van der Waals surface area contributed by atoms with Crippen LogP contribution in [0.4, 0.5) is 0 Å². The zero-order valence-electron chi connectivity index (χ0n) is 4.28. The Morgan fingerprint density at radius 3 is 1.57 bits per heavy atom. The van der Waals surface area contributed by atoms with Gasteiger partial charge in [-0.1, -0.05) is 0 Å². The van der Waals surface area contributed by atoms with Crippen molar-refractivity contribution in [2.45, 2.75) is 19.1 Å².